The van der Waals surface area contributed by atoms with Crippen LogP contribution in [0.4, 0.5) is 5.82 Å². The lowest BCUT2D eigenvalue weighted by molar-refractivity contribution is 0.918. The zero-order chi connectivity index (χ0) is 12.4. The van der Waals surface area contributed by atoms with Crippen LogP contribution in [-0.2, 0) is 0 Å². The monoisotopic (exact) mass is 244 g/mol. The maximum absolute atomic E-state index is 11.8. The van der Waals surface area contributed by atoms with Crippen molar-refractivity contribution in [1.82, 2.24) is 9.55 Å². The summed E-state index contributed by atoms with van der Waals surface area (Å²) in [5.74, 6) is 0.215. The fourth-order valence-electron chi connectivity index (χ4n) is 1.47. The summed E-state index contributed by atoms with van der Waals surface area (Å²) < 4.78 is 1.48. The summed E-state index contributed by atoms with van der Waals surface area (Å²) >= 11 is 5.03. The van der Waals surface area contributed by atoms with Crippen molar-refractivity contribution in [3.63, 3.8) is 0 Å². The number of aromatic amines is 1. The first kappa shape index (κ1) is 11.1. The third-order valence-corrected chi connectivity index (χ3v) is 2.47. The number of nitrogen functional groups attached to an aromatic ring is 1. The Morgan fingerprint density at radius 3 is 2.82 bits per heavy atom. The van der Waals surface area contributed by atoms with Crippen LogP contribution in [0.3, 0.4) is 0 Å². The molecule has 0 bridgehead atoms. The van der Waals surface area contributed by atoms with E-state index in [1.165, 1.54) is 10.6 Å². The Kier molecular flexibility index (Phi) is 2.77. The Morgan fingerprint density at radius 2 is 2.18 bits per heavy atom. The van der Waals surface area contributed by atoms with E-state index in [1.54, 1.807) is 24.3 Å². The molecular weight excluding hydrogens is 236 g/mol. The van der Waals surface area contributed by atoms with Gasteiger partial charge in [-0.25, -0.2) is 0 Å². The second kappa shape index (κ2) is 4.23. The van der Waals surface area contributed by atoms with E-state index in [2.05, 4.69) is 4.98 Å². The van der Waals surface area contributed by atoms with Crippen LogP contribution in [0, 0.1) is 16.1 Å². The SMILES string of the molecule is N#Cc1cccc(-n2c(=O)cc(N)[nH]c2=S)c1. The van der Waals surface area contributed by atoms with Gasteiger partial charge in [-0.05, 0) is 30.4 Å². The number of hydrogen-bond acceptors (Lipinski definition) is 4. The van der Waals surface area contributed by atoms with E-state index in [9.17, 15) is 4.79 Å². The minimum Gasteiger partial charge on any atom is -0.385 e. The van der Waals surface area contributed by atoms with Gasteiger partial charge in [0.15, 0.2) is 4.77 Å². The molecule has 84 valence electrons. The van der Waals surface area contributed by atoms with Crippen LogP contribution < -0.4 is 11.3 Å². The molecule has 0 saturated carbocycles. The Morgan fingerprint density at radius 1 is 1.41 bits per heavy atom. The van der Waals surface area contributed by atoms with Crippen molar-refractivity contribution in [3.05, 3.63) is 51.0 Å². The summed E-state index contributed by atoms with van der Waals surface area (Å²) in [4.78, 5) is 14.5. The molecule has 2 aromatic rings. The highest BCUT2D eigenvalue weighted by molar-refractivity contribution is 7.71. The third kappa shape index (κ3) is 2.09. The number of nitrogens with two attached hydrogens (primary N) is 1. The van der Waals surface area contributed by atoms with Gasteiger partial charge in [0.25, 0.3) is 5.56 Å². The molecule has 1 heterocycles. The van der Waals surface area contributed by atoms with E-state index in [4.69, 9.17) is 23.2 Å². The summed E-state index contributed by atoms with van der Waals surface area (Å²) in [6.07, 6.45) is 0. The van der Waals surface area contributed by atoms with Crippen LogP contribution in [-0.4, -0.2) is 9.55 Å². The lowest BCUT2D eigenvalue weighted by Gasteiger charge is -2.06. The van der Waals surface area contributed by atoms with E-state index in [-0.39, 0.29) is 16.1 Å². The highest BCUT2D eigenvalue weighted by Crippen LogP contribution is 2.08. The van der Waals surface area contributed by atoms with Crippen molar-refractivity contribution >= 4 is 18.0 Å². The predicted molar refractivity (Wildman–Crippen MR) is 66.4 cm³/mol. The normalized spacial score (nSPS) is 9.82. The first-order chi connectivity index (χ1) is 8.11. The Bertz CT molecular complexity index is 692. The zero-order valence-corrected chi connectivity index (χ0v) is 9.49. The summed E-state index contributed by atoms with van der Waals surface area (Å²) in [7, 11) is 0. The van der Waals surface area contributed by atoms with Gasteiger partial charge in [0.05, 0.1) is 17.3 Å². The van der Waals surface area contributed by atoms with Crippen LogP contribution in [0.2, 0.25) is 0 Å². The number of nitriles is 1. The third-order valence-electron chi connectivity index (χ3n) is 2.19. The Labute approximate surface area is 102 Å². The Balaban J connectivity index is 2.74. The van der Waals surface area contributed by atoms with Gasteiger partial charge in [0.1, 0.15) is 5.82 Å². The zero-order valence-electron chi connectivity index (χ0n) is 8.68. The molecule has 6 heteroatoms. The molecule has 0 radical (unpaired) electrons. The quantitative estimate of drug-likeness (QED) is 0.741. The summed E-state index contributed by atoms with van der Waals surface area (Å²) in [5.41, 5.74) is 6.14. The fraction of sp³-hybridized carbons (Fsp3) is 0. The van der Waals surface area contributed by atoms with Gasteiger partial charge in [-0.3, -0.25) is 9.36 Å². The molecule has 2 rings (SSSR count). The number of aromatic nitrogens is 2. The molecule has 17 heavy (non-hydrogen) atoms. The van der Waals surface area contributed by atoms with Crippen LogP contribution in [0.25, 0.3) is 5.69 Å². The van der Waals surface area contributed by atoms with Crippen LogP contribution in [0.15, 0.2) is 35.1 Å². The average Bonchev–Trinajstić information content (AvgIpc) is 2.28. The molecule has 0 spiro atoms. The number of nitrogens with zero attached hydrogens (tertiary/aromatic N) is 2. The molecule has 0 atom stereocenters. The van der Waals surface area contributed by atoms with Crippen LogP contribution in [0.5, 0.6) is 0 Å². The van der Waals surface area contributed by atoms with Crippen LogP contribution in [0.1, 0.15) is 5.56 Å². The van der Waals surface area contributed by atoms with E-state index in [0.717, 1.165) is 0 Å². The van der Waals surface area contributed by atoms with Crippen molar-refractivity contribution < 1.29 is 0 Å². The van der Waals surface area contributed by atoms with Gasteiger partial charge < -0.3 is 10.7 Å². The molecule has 0 aliphatic heterocycles. The van der Waals surface area contributed by atoms with Gasteiger partial charge in [0.2, 0.25) is 0 Å². The molecule has 0 aliphatic carbocycles. The number of hydrogen-bond donors (Lipinski definition) is 2. The minimum absolute atomic E-state index is 0.199. The largest absolute Gasteiger partial charge is 0.385 e. The number of anilines is 1. The molecule has 3 N–H and O–H groups in total. The summed E-state index contributed by atoms with van der Waals surface area (Å²) in [6, 6.07) is 9.87. The predicted octanol–water partition coefficient (Wildman–Crippen LogP) is 1.35. The van der Waals surface area contributed by atoms with Crippen molar-refractivity contribution in [1.29, 1.82) is 5.26 Å². The molecule has 5 nitrogen and oxygen atoms in total. The molecule has 0 aliphatic rings. The molecular formula is C11H8N4OS. The van der Waals surface area contributed by atoms with Crippen molar-refractivity contribution in [3.8, 4) is 11.8 Å². The van der Waals surface area contributed by atoms with Crippen LogP contribution >= 0.6 is 12.2 Å². The topological polar surface area (TPSA) is 87.6 Å². The highest BCUT2D eigenvalue weighted by atomic mass is 32.1. The van der Waals surface area contributed by atoms with Gasteiger partial charge in [-0.1, -0.05) is 6.07 Å². The van der Waals surface area contributed by atoms with Gasteiger partial charge in [-0.2, -0.15) is 5.26 Å². The fourth-order valence-corrected chi connectivity index (χ4v) is 1.79. The number of nitrogens with one attached hydrogen (secondary N) is 1. The summed E-state index contributed by atoms with van der Waals surface area (Å²) in [6.45, 7) is 0. The summed E-state index contributed by atoms with van der Waals surface area (Å²) in [5, 5.41) is 8.80. The molecule has 0 unspecified atom stereocenters. The van der Waals surface area contributed by atoms with Crippen molar-refractivity contribution in [2.75, 3.05) is 5.73 Å². The molecule has 1 aromatic heterocycles. The standard InChI is InChI=1S/C11H8N4OS/c12-6-7-2-1-3-8(4-7)15-10(16)5-9(13)14-11(15)17/h1-5H,13H2,(H,14,17). The maximum Gasteiger partial charge on any atom is 0.260 e. The van der Waals surface area contributed by atoms with E-state index in [1.807, 2.05) is 6.07 Å². The molecule has 0 saturated heterocycles. The smallest absolute Gasteiger partial charge is 0.260 e. The second-order valence-electron chi connectivity index (χ2n) is 3.37. The van der Waals surface area contributed by atoms with E-state index >= 15 is 0 Å². The molecule has 1 aromatic carbocycles. The molecule has 0 fully saturated rings. The van der Waals surface area contributed by atoms with E-state index < -0.39 is 0 Å². The Hall–Kier alpha value is -2.39. The average molecular weight is 244 g/mol. The maximum atomic E-state index is 11.8. The molecule has 0 amide bonds. The first-order valence-corrected chi connectivity index (χ1v) is 5.15. The van der Waals surface area contributed by atoms with E-state index in [0.29, 0.717) is 11.3 Å². The number of H-pyrrole nitrogens is 1. The number of benzene rings is 1. The minimum atomic E-state index is -0.332. The lowest BCUT2D eigenvalue weighted by atomic mass is 10.2. The van der Waals surface area contributed by atoms with Gasteiger partial charge >= 0.3 is 0 Å². The number of rotatable bonds is 1. The highest BCUT2D eigenvalue weighted by Gasteiger charge is 2.03. The van der Waals surface area contributed by atoms with Crippen molar-refractivity contribution in [2.45, 2.75) is 0 Å². The van der Waals surface area contributed by atoms with Gasteiger partial charge in [-0.15, -0.1) is 0 Å². The van der Waals surface area contributed by atoms with Crippen molar-refractivity contribution in [2.24, 2.45) is 0 Å². The lowest BCUT2D eigenvalue weighted by Crippen LogP contribution is -2.20. The first-order valence-electron chi connectivity index (χ1n) is 4.74. The second-order valence-corrected chi connectivity index (χ2v) is 3.75. The van der Waals surface area contributed by atoms with Gasteiger partial charge in [0, 0.05) is 6.07 Å².